The number of amides is 1. The van der Waals surface area contributed by atoms with Crippen LogP contribution in [0.25, 0.3) is 22.4 Å². The van der Waals surface area contributed by atoms with Crippen molar-refractivity contribution < 1.29 is 4.79 Å². The molecule has 0 radical (unpaired) electrons. The monoisotopic (exact) mass is 393 g/mol. The summed E-state index contributed by atoms with van der Waals surface area (Å²) in [6.07, 6.45) is 5.59. The van der Waals surface area contributed by atoms with Crippen molar-refractivity contribution in [3.05, 3.63) is 103 Å². The number of aryl methyl sites for hydroxylation is 1. The number of anilines is 1. The number of carbonyl (C=O) groups excluding carboxylic acids is 1. The normalized spacial score (nSPS) is 11.0. The molecule has 3 aromatic heterocycles. The summed E-state index contributed by atoms with van der Waals surface area (Å²) in [6, 6.07) is 23.2. The second-order valence-electron chi connectivity index (χ2n) is 7.02. The average molecular weight is 393 g/mol. The van der Waals surface area contributed by atoms with Crippen LogP contribution in [0.4, 0.5) is 5.69 Å². The number of carbonyl (C=O) groups is 1. The predicted molar refractivity (Wildman–Crippen MR) is 117 cm³/mol. The Kier molecular flexibility index (Phi) is 4.37. The Hall–Kier alpha value is -4.19. The molecule has 0 aliphatic carbocycles. The van der Waals surface area contributed by atoms with Gasteiger partial charge in [-0.2, -0.15) is 5.10 Å². The lowest BCUT2D eigenvalue weighted by Gasteiger charge is -2.07. The number of nitrogens with one attached hydrogen (secondary N) is 1. The van der Waals surface area contributed by atoms with Crippen LogP contribution >= 0.6 is 0 Å². The number of nitrogens with zero attached hydrogens (tertiary/aromatic N) is 4. The van der Waals surface area contributed by atoms with Gasteiger partial charge in [0.15, 0.2) is 5.65 Å². The van der Waals surface area contributed by atoms with Gasteiger partial charge in [0.25, 0.3) is 5.91 Å². The first-order chi connectivity index (χ1) is 14.7. The van der Waals surface area contributed by atoms with Gasteiger partial charge in [-0.3, -0.25) is 4.79 Å². The van der Waals surface area contributed by atoms with Gasteiger partial charge in [-0.15, -0.1) is 0 Å². The first kappa shape index (κ1) is 17.9. The fraction of sp³-hybridized carbons (Fsp3) is 0.0417. The lowest BCUT2D eigenvalue weighted by molar-refractivity contribution is 0.102. The van der Waals surface area contributed by atoms with Crippen LogP contribution in [0.3, 0.4) is 0 Å². The zero-order valence-electron chi connectivity index (χ0n) is 16.4. The highest BCUT2D eigenvalue weighted by atomic mass is 16.1. The zero-order chi connectivity index (χ0) is 20.5. The van der Waals surface area contributed by atoms with Gasteiger partial charge >= 0.3 is 0 Å². The van der Waals surface area contributed by atoms with E-state index >= 15 is 0 Å². The second kappa shape index (κ2) is 7.33. The topological polar surface area (TPSA) is 64.7 Å². The molecule has 6 heteroatoms. The summed E-state index contributed by atoms with van der Waals surface area (Å²) >= 11 is 0. The minimum atomic E-state index is -0.177. The van der Waals surface area contributed by atoms with E-state index in [-0.39, 0.29) is 5.91 Å². The predicted octanol–water partition coefficient (Wildman–Crippen LogP) is 4.77. The molecular weight excluding hydrogens is 374 g/mol. The lowest BCUT2D eigenvalue weighted by atomic mass is 10.2. The fourth-order valence-electron chi connectivity index (χ4n) is 3.46. The molecule has 0 atom stereocenters. The summed E-state index contributed by atoms with van der Waals surface area (Å²) in [5, 5.41) is 8.45. The molecule has 3 heterocycles. The van der Waals surface area contributed by atoms with Crippen LogP contribution in [0.1, 0.15) is 16.1 Å². The Bertz CT molecular complexity index is 1320. The molecular formula is C24H19N5O. The number of hydrogen-bond donors (Lipinski definition) is 1. The summed E-state index contributed by atoms with van der Waals surface area (Å²) in [4.78, 5) is 17.2. The van der Waals surface area contributed by atoms with E-state index in [0.29, 0.717) is 11.3 Å². The molecule has 0 saturated carbocycles. The Morgan fingerprint density at radius 2 is 1.63 bits per heavy atom. The highest BCUT2D eigenvalue weighted by Gasteiger charge is 2.13. The van der Waals surface area contributed by atoms with E-state index in [1.54, 1.807) is 6.20 Å². The fourth-order valence-corrected chi connectivity index (χ4v) is 3.46. The van der Waals surface area contributed by atoms with Gasteiger partial charge in [0.1, 0.15) is 0 Å². The molecule has 0 saturated heterocycles. The van der Waals surface area contributed by atoms with Crippen LogP contribution in [0.2, 0.25) is 0 Å². The highest BCUT2D eigenvalue weighted by Crippen LogP contribution is 2.23. The van der Waals surface area contributed by atoms with Gasteiger partial charge in [-0.25, -0.2) is 9.67 Å². The van der Waals surface area contributed by atoms with Gasteiger partial charge in [-0.1, -0.05) is 18.2 Å². The maximum absolute atomic E-state index is 12.7. The van der Waals surface area contributed by atoms with Gasteiger partial charge in [-0.05, 0) is 61.5 Å². The molecule has 1 N–H and O–H groups in total. The van der Waals surface area contributed by atoms with Crippen molar-refractivity contribution in [3.63, 3.8) is 0 Å². The molecule has 5 aromatic rings. The second-order valence-corrected chi connectivity index (χ2v) is 7.02. The Labute approximate surface area is 173 Å². The van der Waals surface area contributed by atoms with E-state index in [2.05, 4.69) is 15.4 Å². The number of benzene rings is 2. The third-order valence-corrected chi connectivity index (χ3v) is 5.00. The summed E-state index contributed by atoms with van der Waals surface area (Å²) in [6.45, 7) is 1.94. The van der Waals surface area contributed by atoms with Crippen molar-refractivity contribution in [2.24, 2.45) is 0 Å². The van der Waals surface area contributed by atoms with Crippen molar-refractivity contribution in [2.45, 2.75) is 6.92 Å². The molecule has 0 fully saturated rings. The summed E-state index contributed by atoms with van der Waals surface area (Å²) in [5.74, 6) is -0.177. The van der Waals surface area contributed by atoms with E-state index in [1.165, 1.54) is 0 Å². The quantitative estimate of drug-likeness (QED) is 0.478. The van der Waals surface area contributed by atoms with E-state index in [1.807, 2.05) is 101 Å². The third kappa shape index (κ3) is 3.24. The van der Waals surface area contributed by atoms with Gasteiger partial charge in [0.2, 0.25) is 0 Å². The maximum atomic E-state index is 12.7. The smallest absolute Gasteiger partial charge is 0.255 e. The van der Waals surface area contributed by atoms with E-state index in [9.17, 15) is 4.79 Å². The standard InChI is InChI=1S/C24H19N5O/c1-17-22-15-19(16-25-23(22)29(27-17)21-7-3-2-4-8-21)26-24(30)18-9-11-20(12-10-18)28-13-5-6-14-28/h2-16H,1H3,(H,26,30). The van der Waals surface area contributed by atoms with Crippen molar-refractivity contribution in [2.75, 3.05) is 5.32 Å². The largest absolute Gasteiger partial charge is 0.324 e. The molecule has 6 nitrogen and oxygen atoms in total. The molecule has 0 aliphatic heterocycles. The Morgan fingerprint density at radius 3 is 2.37 bits per heavy atom. The van der Waals surface area contributed by atoms with Crippen LogP contribution in [0, 0.1) is 6.92 Å². The summed E-state index contributed by atoms with van der Waals surface area (Å²) in [7, 11) is 0. The molecule has 0 aliphatic rings. The maximum Gasteiger partial charge on any atom is 0.255 e. The SMILES string of the molecule is Cc1nn(-c2ccccc2)c2ncc(NC(=O)c3ccc(-n4cccc4)cc3)cc12. The third-order valence-electron chi connectivity index (χ3n) is 5.00. The molecule has 0 unspecified atom stereocenters. The highest BCUT2D eigenvalue weighted by molar-refractivity contribution is 6.05. The molecule has 5 rings (SSSR count). The molecule has 0 bridgehead atoms. The minimum absolute atomic E-state index is 0.177. The van der Waals surface area contributed by atoms with Gasteiger partial charge in [0, 0.05) is 29.0 Å². The number of hydrogen-bond acceptors (Lipinski definition) is 3. The van der Waals surface area contributed by atoms with Crippen LogP contribution < -0.4 is 5.32 Å². The molecule has 1 amide bonds. The molecule has 30 heavy (non-hydrogen) atoms. The van der Waals surface area contributed by atoms with E-state index in [0.717, 1.165) is 28.1 Å². The number of para-hydroxylation sites is 1. The minimum Gasteiger partial charge on any atom is -0.324 e. The van der Waals surface area contributed by atoms with Crippen molar-refractivity contribution in [1.82, 2.24) is 19.3 Å². The van der Waals surface area contributed by atoms with Crippen molar-refractivity contribution in [3.8, 4) is 11.4 Å². The van der Waals surface area contributed by atoms with Crippen molar-refractivity contribution in [1.29, 1.82) is 0 Å². The molecule has 146 valence electrons. The zero-order valence-corrected chi connectivity index (χ0v) is 16.4. The van der Waals surface area contributed by atoms with Crippen LogP contribution in [-0.2, 0) is 0 Å². The summed E-state index contributed by atoms with van der Waals surface area (Å²) in [5.41, 5.74) is 4.79. The van der Waals surface area contributed by atoms with Gasteiger partial charge in [0.05, 0.1) is 23.3 Å². The number of rotatable bonds is 4. The van der Waals surface area contributed by atoms with Gasteiger partial charge < -0.3 is 9.88 Å². The Morgan fingerprint density at radius 1 is 0.900 bits per heavy atom. The lowest BCUT2D eigenvalue weighted by Crippen LogP contribution is -2.12. The first-order valence-electron chi connectivity index (χ1n) is 9.64. The molecule has 2 aromatic carbocycles. The summed E-state index contributed by atoms with van der Waals surface area (Å²) < 4.78 is 3.81. The van der Waals surface area contributed by atoms with Crippen LogP contribution in [0.5, 0.6) is 0 Å². The average Bonchev–Trinajstić information content (AvgIpc) is 3.43. The van der Waals surface area contributed by atoms with Crippen molar-refractivity contribution >= 4 is 22.6 Å². The Balaban J connectivity index is 1.40. The number of fused-ring (bicyclic) bond motifs is 1. The van der Waals surface area contributed by atoms with E-state index in [4.69, 9.17) is 0 Å². The number of aromatic nitrogens is 4. The number of pyridine rings is 1. The van der Waals surface area contributed by atoms with E-state index < -0.39 is 0 Å². The van der Waals surface area contributed by atoms with Crippen LogP contribution in [0.15, 0.2) is 91.4 Å². The van der Waals surface area contributed by atoms with Crippen LogP contribution in [-0.4, -0.2) is 25.2 Å². The molecule has 0 spiro atoms. The first-order valence-corrected chi connectivity index (χ1v) is 9.64.